The highest BCUT2D eigenvalue weighted by Crippen LogP contribution is 2.21. The van der Waals surface area contributed by atoms with Gasteiger partial charge in [0.2, 0.25) is 0 Å². The maximum absolute atomic E-state index is 11.6. The maximum atomic E-state index is 11.6. The zero-order valence-electron chi connectivity index (χ0n) is 10.8. The van der Waals surface area contributed by atoms with E-state index in [9.17, 15) is 9.59 Å². The van der Waals surface area contributed by atoms with Crippen LogP contribution >= 0.6 is 0 Å². The first kappa shape index (κ1) is 15.7. The summed E-state index contributed by atoms with van der Waals surface area (Å²) >= 11 is 0. The Hall–Kier alpha value is -1.38. The van der Waals surface area contributed by atoms with E-state index in [4.69, 9.17) is 19.7 Å². The summed E-state index contributed by atoms with van der Waals surface area (Å²) in [5.41, 5.74) is -0.549. The van der Waals surface area contributed by atoms with Crippen LogP contribution in [0.25, 0.3) is 0 Å². The SMILES string of the molecule is COC1(CNC(=O)N[C@H](CCO)C(=O)O)CCOC1. The summed E-state index contributed by atoms with van der Waals surface area (Å²) in [5, 5.41) is 22.4. The standard InChI is InChI=1S/C11H20N2O6/c1-18-11(3-5-19-7-11)6-12-10(17)13-8(2-4-14)9(15)16/h8,14H,2-7H2,1H3,(H,15,16)(H2,12,13,17)/t8-,11?/m1/s1. The molecule has 1 heterocycles. The minimum Gasteiger partial charge on any atom is -0.480 e. The molecule has 1 aliphatic heterocycles. The van der Waals surface area contributed by atoms with Crippen LogP contribution in [0.4, 0.5) is 4.79 Å². The largest absolute Gasteiger partial charge is 0.480 e. The number of amides is 2. The molecule has 8 nitrogen and oxygen atoms in total. The van der Waals surface area contributed by atoms with E-state index in [-0.39, 0.29) is 19.6 Å². The molecule has 0 aromatic rings. The number of aliphatic hydroxyl groups excluding tert-OH is 1. The van der Waals surface area contributed by atoms with Crippen LogP contribution in [0.5, 0.6) is 0 Å². The van der Waals surface area contributed by atoms with E-state index < -0.39 is 23.6 Å². The number of methoxy groups -OCH3 is 1. The van der Waals surface area contributed by atoms with Gasteiger partial charge >= 0.3 is 12.0 Å². The number of aliphatic carboxylic acids is 1. The highest BCUT2D eigenvalue weighted by Gasteiger charge is 2.35. The third kappa shape index (κ3) is 4.66. The van der Waals surface area contributed by atoms with Gasteiger partial charge in [0.25, 0.3) is 0 Å². The van der Waals surface area contributed by atoms with Crippen LogP contribution in [-0.4, -0.2) is 67.3 Å². The molecular formula is C11H20N2O6. The van der Waals surface area contributed by atoms with Gasteiger partial charge in [-0.05, 0) is 0 Å². The van der Waals surface area contributed by atoms with Gasteiger partial charge in [-0.1, -0.05) is 0 Å². The normalized spacial score (nSPS) is 23.9. The number of nitrogens with one attached hydrogen (secondary N) is 2. The third-order valence-electron chi connectivity index (χ3n) is 3.09. The molecule has 2 atom stereocenters. The Morgan fingerprint density at radius 3 is 2.74 bits per heavy atom. The molecule has 110 valence electrons. The summed E-state index contributed by atoms with van der Waals surface area (Å²) in [5.74, 6) is -1.19. The van der Waals surface area contributed by atoms with Crippen LogP contribution in [-0.2, 0) is 14.3 Å². The fraction of sp³-hybridized carbons (Fsp3) is 0.818. The molecule has 19 heavy (non-hydrogen) atoms. The molecule has 1 rings (SSSR count). The second kappa shape index (κ2) is 7.27. The quantitative estimate of drug-likeness (QED) is 0.470. The van der Waals surface area contributed by atoms with Crippen molar-refractivity contribution in [2.75, 3.05) is 33.5 Å². The molecular weight excluding hydrogens is 256 g/mol. The number of carboxylic acid groups (broad SMARTS) is 1. The second-order valence-electron chi connectivity index (χ2n) is 4.42. The number of hydrogen-bond acceptors (Lipinski definition) is 5. The Bertz CT molecular complexity index is 316. The lowest BCUT2D eigenvalue weighted by Crippen LogP contribution is -2.51. The number of hydrogen-bond donors (Lipinski definition) is 4. The summed E-state index contributed by atoms with van der Waals surface area (Å²) in [6.07, 6.45) is 0.629. The summed E-state index contributed by atoms with van der Waals surface area (Å²) in [4.78, 5) is 22.4. The van der Waals surface area contributed by atoms with E-state index in [0.717, 1.165) is 0 Å². The zero-order valence-corrected chi connectivity index (χ0v) is 10.8. The number of ether oxygens (including phenoxy) is 2. The lowest BCUT2D eigenvalue weighted by molar-refractivity contribution is -0.139. The number of carboxylic acids is 1. The number of urea groups is 1. The Balaban J connectivity index is 2.39. The zero-order chi connectivity index (χ0) is 14.3. The van der Waals surface area contributed by atoms with Crippen LogP contribution in [0.1, 0.15) is 12.8 Å². The number of aliphatic hydroxyl groups is 1. The van der Waals surface area contributed by atoms with Gasteiger partial charge in [-0.25, -0.2) is 9.59 Å². The highest BCUT2D eigenvalue weighted by atomic mass is 16.5. The lowest BCUT2D eigenvalue weighted by Gasteiger charge is -2.26. The van der Waals surface area contributed by atoms with Crippen molar-refractivity contribution in [1.29, 1.82) is 0 Å². The van der Waals surface area contributed by atoms with Crippen molar-refractivity contribution in [1.82, 2.24) is 10.6 Å². The third-order valence-corrected chi connectivity index (χ3v) is 3.09. The fourth-order valence-electron chi connectivity index (χ4n) is 1.80. The van der Waals surface area contributed by atoms with Gasteiger partial charge in [0, 0.05) is 33.2 Å². The molecule has 1 saturated heterocycles. The average molecular weight is 276 g/mol. The molecule has 1 fully saturated rings. The maximum Gasteiger partial charge on any atom is 0.326 e. The number of carbonyl (C=O) groups excluding carboxylic acids is 1. The first-order valence-corrected chi connectivity index (χ1v) is 6.04. The van der Waals surface area contributed by atoms with Crippen molar-refractivity contribution in [3.63, 3.8) is 0 Å². The first-order valence-electron chi connectivity index (χ1n) is 6.04. The van der Waals surface area contributed by atoms with E-state index in [1.54, 1.807) is 7.11 Å². The average Bonchev–Trinajstić information content (AvgIpc) is 2.85. The molecule has 0 aromatic carbocycles. The van der Waals surface area contributed by atoms with Crippen LogP contribution in [0.2, 0.25) is 0 Å². The van der Waals surface area contributed by atoms with Crippen LogP contribution in [0.15, 0.2) is 0 Å². The van der Waals surface area contributed by atoms with E-state index >= 15 is 0 Å². The van der Waals surface area contributed by atoms with Gasteiger partial charge in [-0.3, -0.25) is 0 Å². The summed E-state index contributed by atoms with van der Waals surface area (Å²) < 4.78 is 10.5. The molecule has 0 aliphatic carbocycles. The Labute approximate surface area is 111 Å². The highest BCUT2D eigenvalue weighted by molar-refractivity contribution is 5.82. The van der Waals surface area contributed by atoms with Crippen molar-refractivity contribution in [3.05, 3.63) is 0 Å². The van der Waals surface area contributed by atoms with Gasteiger partial charge in [0.05, 0.1) is 13.2 Å². The molecule has 1 unspecified atom stereocenters. The Morgan fingerprint density at radius 1 is 1.53 bits per heavy atom. The van der Waals surface area contributed by atoms with Gasteiger partial charge in [0.15, 0.2) is 0 Å². The fourth-order valence-corrected chi connectivity index (χ4v) is 1.80. The summed E-state index contributed by atoms with van der Waals surface area (Å²) in [6.45, 7) is 0.885. The predicted molar refractivity (Wildman–Crippen MR) is 64.8 cm³/mol. The number of rotatable bonds is 7. The molecule has 2 amide bonds. The number of carbonyl (C=O) groups is 2. The van der Waals surface area contributed by atoms with Crippen LogP contribution in [0, 0.1) is 0 Å². The van der Waals surface area contributed by atoms with E-state index in [0.29, 0.717) is 19.6 Å². The van der Waals surface area contributed by atoms with Gasteiger partial charge in [-0.15, -0.1) is 0 Å². The van der Waals surface area contributed by atoms with Crippen LogP contribution in [0.3, 0.4) is 0 Å². The lowest BCUT2D eigenvalue weighted by atomic mass is 10.0. The first-order chi connectivity index (χ1) is 9.03. The van der Waals surface area contributed by atoms with Gasteiger partial charge in [0.1, 0.15) is 11.6 Å². The Kier molecular flexibility index (Phi) is 6.00. The molecule has 0 saturated carbocycles. The minimum atomic E-state index is -1.19. The van der Waals surface area contributed by atoms with Gasteiger partial charge < -0.3 is 30.3 Å². The molecule has 0 radical (unpaired) electrons. The summed E-state index contributed by atoms with van der Waals surface area (Å²) in [7, 11) is 1.54. The van der Waals surface area contributed by atoms with Crippen LogP contribution < -0.4 is 10.6 Å². The van der Waals surface area contributed by atoms with Crippen molar-refractivity contribution >= 4 is 12.0 Å². The van der Waals surface area contributed by atoms with Crippen molar-refractivity contribution in [2.45, 2.75) is 24.5 Å². The van der Waals surface area contributed by atoms with Gasteiger partial charge in [-0.2, -0.15) is 0 Å². The minimum absolute atomic E-state index is 0.0404. The predicted octanol–water partition coefficient (Wildman–Crippen LogP) is -1.07. The second-order valence-corrected chi connectivity index (χ2v) is 4.42. The molecule has 1 aliphatic rings. The molecule has 8 heteroatoms. The smallest absolute Gasteiger partial charge is 0.326 e. The molecule has 0 bridgehead atoms. The molecule has 0 aromatic heterocycles. The van der Waals surface area contributed by atoms with Crippen molar-refractivity contribution < 1.29 is 29.3 Å². The topological polar surface area (TPSA) is 117 Å². The molecule has 0 spiro atoms. The van der Waals surface area contributed by atoms with Crippen molar-refractivity contribution in [2.24, 2.45) is 0 Å². The van der Waals surface area contributed by atoms with Crippen molar-refractivity contribution in [3.8, 4) is 0 Å². The van der Waals surface area contributed by atoms with E-state index in [2.05, 4.69) is 10.6 Å². The molecule has 4 N–H and O–H groups in total. The van der Waals surface area contributed by atoms with E-state index in [1.807, 2.05) is 0 Å². The van der Waals surface area contributed by atoms with E-state index in [1.165, 1.54) is 0 Å². The summed E-state index contributed by atoms with van der Waals surface area (Å²) in [6, 6.07) is -1.72. The monoisotopic (exact) mass is 276 g/mol. The Morgan fingerprint density at radius 2 is 2.26 bits per heavy atom.